The molecule has 0 unspecified atom stereocenters. The molecular weight excluding hydrogens is 322 g/mol. The van der Waals surface area contributed by atoms with Crippen LogP contribution in [0.4, 0.5) is 11.4 Å². The van der Waals surface area contributed by atoms with E-state index in [1.54, 1.807) is 37.3 Å². The number of hydrogen-bond acceptors (Lipinski definition) is 5. The summed E-state index contributed by atoms with van der Waals surface area (Å²) in [6.07, 6.45) is 1.40. The number of methoxy groups -OCH3 is 1. The van der Waals surface area contributed by atoms with Crippen molar-refractivity contribution in [2.24, 2.45) is 0 Å². The van der Waals surface area contributed by atoms with Gasteiger partial charge in [-0.25, -0.2) is 0 Å². The first-order valence-electron chi connectivity index (χ1n) is 7.27. The van der Waals surface area contributed by atoms with Crippen LogP contribution in [0.3, 0.4) is 0 Å². The molecule has 2 rings (SSSR count). The number of carbonyl (C=O) groups is 1. The monoisotopic (exact) mass is 337 g/mol. The number of nitrogens with zero attached hydrogens (tertiary/aromatic N) is 2. The molecule has 7 heteroatoms. The zero-order valence-corrected chi connectivity index (χ0v) is 13.6. The minimum absolute atomic E-state index is 0.0384. The molecule has 1 N–H and O–H groups in total. The molecule has 25 heavy (non-hydrogen) atoms. The Labute approximate surface area is 144 Å². The zero-order chi connectivity index (χ0) is 18.4. The fourth-order valence-corrected chi connectivity index (χ4v) is 2.10. The molecule has 126 valence electrons. The van der Waals surface area contributed by atoms with Gasteiger partial charge in [0.2, 0.25) is 0 Å². The first kappa shape index (κ1) is 17.7. The van der Waals surface area contributed by atoms with Crippen LogP contribution in [0.5, 0.6) is 5.75 Å². The van der Waals surface area contributed by atoms with E-state index in [1.807, 2.05) is 6.07 Å². The Hall–Kier alpha value is -3.66. The maximum atomic E-state index is 12.3. The molecule has 0 spiro atoms. The number of rotatable bonds is 5. The lowest BCUT2D eigenvalue weighted by Crippen LogP contribution is -2.14. The molecular formula is C18H15N3O4. The Morgan fingerprint density at radius 3 is 2.52 bits per heavy atom. The van der Waals surface area contributed by atoms with E-state index in [2.05, 4.69) is 5.32 Å². The first-order valence-corrected chi connectivity index (χ1v) is 7.27. The third-order valence-electron chi connectivity index (χ3n) is 3.39. The van der Waals surface area contributed by atoms with Gasteiger partial charge < -0.3 is 10.1 Å². The summed E-state index contributed by atoms with van der Waals surface area (Å²) < 4.78 is 5.04. The minimum Gasteiger partial charge on any atom is -0.497 e. The number of nitro benzene ring substituents is 1. The number of ether oxygens (including phenoxy) is 1. The number of nitrogens with one attached hydrogen (secondary N) is 1. The van der Waals surface area contributed by atoms with Gasteiger partial charge in [-0.3, -0.25) is 14.9 Å². The summed E-state index contributed by atoms with van der Waals surface area (Å²) in [5.74, 6) is -0.0688. The average Bonchev–Trinajstić information content (AvgIpc) is 2.61. The van der Waals surface area contributed by atoms with Crippen LogP contribution < -0.4 is 10.1 Å². The van der Waals surface area contributed by atoms with Gasteiger partial charge in [-0.05, 0) is 42.3 Å². The maximum Gasteiger partial charge on any atom is 0.293 e. The molecule has 7 nitrogen and oxygen atoms in total. The van der Waals surface area contributed by atoms with E-state index < -0.39 is 10.8 Å². The van der Waals surface area contributed by atoms with Gasteiger partial charge in [0.15, 0.2) is 0 Å². The van der Waals surface area contributed by atoms with E-state index in [-0.39, 0.29) is 16.9 Å². The van der Waals surface area contributed by atoms with Crippen LogP contribution in [-0.2, 0) is 4.79 Å². The van der Waals surface area contributed by atoms with Crippen molar-refractivity contribution in [2.45, 2.75) is 6.92 Å². The Morgan fingerprint density at radius 1 is 1.28 bits per heavy atom. The van der Waals surface area contributed by atoms with E-state index in [0.29, 0.717) is 16.9 Å². The number of benzene rings is 2. The SMILES string of the molecule is COc1ccc(/C=C(\C#N)C(=O)Nc2ccc(C)cc2[N+](=O)[O-])cc1. The third kappa shape index (κ3) is 4.42. The lowest BCUT2D eigenvalue weighted by atomic mass is 10.1. The van der Waals surface area contributed by atoms with Crippen molar-refractivity contribution in [2.75, 3.05) is 12.4 Å². The summed E-state index contributed by atoms with van der Waals surface area (Å²) in [4.78, 5) is 22.8. The number of nitriles is 1. The van der Waals surface area contributed by atoms with Crippen LogP contribution >= 0.6 is 0 Å². The fourth-order valence-electron chi connectivity index (χ4n) is 2.10. The van der Waals surface area contributed by atoms with Crippen LogP contribution in [0, 0.1) is 28.4 Å². The topological polar surface area (TPSA) is 105 Å². The van der Waals surface area contributed by atoms with Crippen LogP contribution in [0.2, 0.25) is 0 Å². The van der Waals surface area contributed by atoms with E-state index in [4.69, 9.17) is 4.74 Å². The normalized spacial score (nSPS) is 10.7. The first-order chi connectivity index (χ1) is 11.9. The average molecular weight is 337 g/mol. The predicted octanol–water partition coefficient (Wildman–Crippen LogP) is 3.46. The van der Waals surface area contributed by atoms with Gasteiger partial charge >= 0.3 is 0 Å². The Kier molecular flexibility index (Phi) is 5.48. The van der Waals surface area contributed by atoms with Gasteiger partial charge in [-0.1, -0.05) is 18.2 Å². The van der Waals surface area contributed by atoms with Crippen molar-refractivity contribution >= 4 is 23.4 Å². The molecule has 1 amide bonds. The van der Waals surface area contributed by atoms with Crippen LogP contribution in [0.15, 0.2) is 48.0 Å². The molecule has 0 atom stereocenters. The van der Waals surface area contributed by atoms with Crippen molar-refractivity contribution in [3.63, 3.8) is 0 Å². The van der Waals surface area contributed by atoms with Gasteiger partial charge in [-0.15, -0.1) is 0 Å². The van der Waals surface area contributed by atoms with Crippen molar-refractivity contribution in [1.82, 2.24) is 0 Å². The van der Waals surface area contributed by atoms with E-state index in [9.17, 15) is 20.2 Å². The number of anilines is 1. The summed E-state index contributed by atoms with van der Waals surface area (Å²) in [6, 6.07) is 13.0. The molecule has 0 aliphatic rings. The largest absolute Gasteiger partial charge is 0.497 e. The van der Waals surface area contributed by atoms with Crippen molar-refractivity contribution in [3.8, 4) is 11.8 Å². The molecule has 0 bridgehead atoms. The van der Waals surface area contributed by atoms with E-state index in [1.165, 1.54) is 25.3 Å². The number of carbonyl (C=O) groups excluding carboxylic acids is 1. The molecule has 0 radical (unpaired) electrons. The Morgan fingerprint density at radius 2 is 1.96 bits per heavy atom. The molecule has 0 aliphatic carbocycles. The number of aryl methyl sites for hydroxylation is 1. The highest BCUT2D eigenvalue weighted by molar-refractivity contribution is 6.10. The highest BCUT2D eigenvalue weighted by Crippen LogP contribution is 2.26. The van der Waals surface area contributed by atoms with E-state index >= 15 is 0 Å². The molecule has 0 saturated carbocycles. The lowest BCUT2D eigenvalue weighted by Gasteiger charge is -2.06. The molecule has 0 fully saturated rings. The van der Waals surface area contributed by atoms with Gasteiger partial charge in [0.1, 0.15) is 23.1 Å². The number of amides is 1. The summed E-state index contributed by atoms with van der Waals surface area (Å²) in [5, 5.41) is 22.7. The molecule has 0 aromatic heterocycles. The van der Waals surface area contributed by atoms with Crippen LogP contribution in [0.1, 0.15) is 11.1 Å². The molecule has 2 aromatic rings. The summed E-state index contributed by atoms with van der Waals surface area (Å²) in [6.45, 7) is 1.71. The molecule has 0 saturated heterocycles. The second-order valence-electron chi connectivity index (χ2n) is 5.17. The van der Waals surface area contributed by atoms with Crippen molar-refractivity contribution < 1.29 is 14.5 Å². The van der Waals surface area contributed by atoms with Gasteiger partial charge in [0.25, 0.3) is 11.6 Å². The van der Waals surface area contributed by atoms with Crippen molar-refractivity contribution in [3.05, 3.63) is 69.3 Å². The standard InChI is InChI=1S/C18H15N3O4/c1-12-3-8-16(17(9-12)21(23)24)20-18(22)14(11-19)10-13-4-6-15(25-2)7-5-13/h3-10H,1-2H3,(H,20,22)/b14-10+. The molecule has 0 heterocycles. The summed E-state index contributed by atoms with van der Waals surface area (Å²) >= 11 is 0. The van der Waals surface area contributed by atoms with Crippen molar-refractivity contribution in [1.29, 1.82) is 5.26 Å². The highest BCUT2D eigenvalue weighted by atomic mass is 16.6. The van der Waals surface area contributed by atoms with Crippen LogP contribution in [0.25, 0.3) is 6.08 Å². The second kappa shape index (κ2) is 7.75. The van der Waals surface area contributed by atoms with Gasteiger partial charge in [-0.2, -0.15) is 5.26 Å². The predicted molar refractivity (Wildman–Crippen MR) is 93.0 cm³/mol. The molecule has 2 aromatic carbocycles. The minimum atomic E-state index is -0.717. The van der Waals surface area contributed by atoms with E-state index in [0.717, 1.165) is 0 Å². The lowest BCUT2D eigenvalue weighted by molar-refractivity contribution is -0.384. The van der Waals surface area contributed by atoms with Gasteiger partial charge in [0.05, 0.1) is 12.0 Å². The fraction of sp³-hybridized carbons (Fsp3) is 0.111. The molecule has 0 aliphatic heterocycles. The highest BCUT2D eigenvalue weighted by Gasteiger charge is 2.18. The Balaban J connectivity index is 2.27. The summed E-state index contributed by atoms with van der Waals surface area (Å²) in [7, 11) is 1.54. The Bertz CT molecular complexity index is 880. The second-order valence-corrected chi connectivity index (χ2v) is 5.17. The van der Waals surface area contributed by atoms with Gasteiger partial charge in [0, 0.05) is 6.07 Å². The number of nitro groups is 1. The maximum absolute atomic E-state index is 12.3. The van der Waals surface area contributed by atoms with Crippen LogP contribution in [-0.4, -0.2) is 17.9 Å². The summed E-state index contributed by atoms with van der Waals surface area (Å²) in [5.41, 5.74) is 0.969. The third-order valence-corrected chi connectivity index (χ3v) is 3.39. The quantitative estimate of drug-likeness (QED) is 0.389. The smallest absolute Gasteiger partial charge is 0.293 e. The zero-order valence-electron chi connectivity index (χ0n) is 13.6. The number of hydrogen-bond donors (Lipinski definition) is 1.